The van der Waals surface area contributed by atoms with Gasteiger partial charge in [0.15, 0.2) is 5.65 Å². The van der Waals surface area contributed by atoms with Crippen LogP contribution in [0.25, 0.3) is 22.1 Å². The number of benzene rings is 1. The molecule has 2 aromatic heterocycles. The molecule has 7 heteroatoms. The fourth-order valence-corrected chi connectivity index (χ4v) is 3.19. The Kier molecular flexibility index (Phi) is 4.76. The van der Waals surface area contributed by atoms with Crippen LogP contribution in [0, 0.1) is 0 Å². The monoisotopic (exact) mass is 329 g/mol. The number of rotatable bonds is 6. The van der Waals surface area contributed by atoms with Crippen LogP contribution in [0.3, 0.4) is 0 Å². The highest BCUT2D eigenvalue weighted by atomic mass is 32.2. The van der Waals surface area contributed by atoms with Crippen molar-refractivity contribution in [3.63, 3.8) is 0 Å². The molecule has 0 bridgehead atoms. The molecule has 3 rings (SSSR count). The lowest BCUT2D eigenvalue weighted by atomic mass is 10.2. The minimum absolute atomic E-state index is 0.0182. The molecule has 2 heterocycles. The van der Waals surface area contributed by atoms with Gasteiger partial charge in [0.1, 0.15) is 5.52 Å². The number of amides is 1. The normalized spacial score (nSPS) is 11.2. The van der Waals surface area contributed by atoms with Crippen LogP contribution in [-0.4, -0.2) is 38.0 Å². The van der Waals surface area contributed by atoms with E-state index in [4.69, 9.17) is 0 Å². The van der Waals surface area contributed by atoms with Crippen LogP contribution < -0.4 is 5.32 Å². The average molecular weight is 329 g/mol. The standard InChI is InChI=1S/C16H19N5OS/c1-3-9-21-12-8-6-5-7-11(12)14-15(21)18-16(20-19-14)23-10-13(22)17-4-2/h5-8H,3-4,9-10H2,1-2H3,(H,17,22). The maximum absolute atomic E-state index is 11.6. The smallest absolute Gasteiger partial charge is 0.230 e. The van der Waals surface area contributed by atoms with E-state index in [1.165, 1.54) is 11.8 Å². The van der Waals surface area contributed by atoms with Gasteiger partial charge in [0.05, 0.1) is 11.3 Å². The van der Waals surface area contributed by atoms with E-state index in [1.807, 2.05) is 25.1 Å². The highest BCUT2D eigenvalue weighted by molar-refractivity contribution is 7.99. The number of hydrogen-bond acceptors (Lipinski definition) is 5. The molecule has 6 nitrogen and oxygen atoms in total. The van der Waals surface area contributed by atoms with Gasteiger partial charge in [-0.05, 0) is 19.4 Å². The third kappa shape index (κ3) is 3.14. The summed E-state index contributed by atoms with van der Waals surface area (Å²) >= 11 is 1.31. The summed E-state index contributed by atoms with van der Waals surface area (Å²) in [6, 6.07) is 8.14. The number of nitrogens with one attached hydrogen (secondary N) is 1. The molecule has 23 heavy (non-hydrogen) atoms. The Morgan fingerprint density at radius 3 is 2.87 bits per heavy atom. The molecule has 1 aromatic carbocycles. The Bertz CT molecular complexity index is 845. The summed E-state index contributed by atoms with van der Waals surface area (Å²) in [5, 5.41) is 12.9. The largest absolute Gasteiger partial charge is 0.356 e. The molecule has 0 fully saturated rings. The minimum atomic E-state index is -0.0182. The fourth-order valence-electron chi connectivity index (χ4n) is 2.58. The molecule has 0 aliphatic heterocycles. The minimum Gasteiger partial charge on any atom is -0.356 e. The Morgan fingerprint density at radius 1 is 1.26 bits per heavy atom. The Labute approximate surface area is 138 Å². The van der Waals surface area contributed by atoms with E-state index >= 15 is 0 Å². The van der Waals surface area contributed by atoms with Gasteiger partial charge in [0.2, 0.25) is 11.1 Å². The lowest BCUT2D eigenvalue weighted by Crippen LogP contribution is -2.24. The molecule has 0 saturated carbocycles. The van der Waals surface area contributed by atoms with Gasteiger partial charge in [0, 0.05) is 18.5 Å². The van der Waals surface area contributed by atoms with E-state index in [2.05, 4.69) is 38.1 Å². The maximum atomic E-state index is 11.6. The Morgan fingerprint density at radius 2 is 2.09 bits per heavy atom. The van der Waals surface area contributed by atoms with Gasteiger partial charge in [-0.25, -0.2) is 4.98 Å². The van der Waals surface area contributed by atoms with Gasteiger partial charge in [-0.2, -0.15) is 0 Å². The summed E-state index contributed by atoms with van der Waals surface area (Å²) in [5.41, 5.74) is 2.77. The SMILES string of the molecule is CCCn1c2ccccc2c2nnc(SCC(=O)NCC)nc21. The molecule has 120 valence electrons. The number of para-hydroxylation sites is 1. The van der Waals surface area contributed by atoms with Crippen molar-refractivity contribution in [2.24, 2.45) is 0 Å². The zero-order chi connectivity index (χ0) is 16.2. The van der Waals surface area contributed by atoms with E-state index in [9.17, 15) is 4.79 Å². The second kappa shape index (κ2) is 6.95. The van der Waals surface area contributed by atoms with Crippen LogP contribution in [0.1, 0.15) is 20.3 Å². The molecule has 0 spiro atoms. The molecular formula is C16H19N5OS. The highest BCUT2D eigenvalue weighted by Gasteiger charge is 2.14. The van der Waals surface area contributed by atoms with Crippen LogP contribution in [-0.2, 0) is 11.3 Å². The van der Waals surface area contributed by atoms with Crippen molar-refractivity contribution in [3.05, 3.63) is 24.3 Å². The molecular weight excluding hydrogens is 310 g/mol. The van der Waals surface area contributed by atoms with Gasteiger partial charge in [0.25, 0.3) is 0 Å². The first kappa shape index (κ1) is 15.7. The lowest BCUT2D eigenvalue weighted by molar-refractivity contribution is -0.118. The van der Waals surface area contributed by atoms with E-state index in [-0.39, 0.29) is 5.91 Å². The van der Waals surface area contributed by atoms with E-state index in [0.717, 1.165) is 35.0 Å². The number of fused-ring (bicyclic) bond motifs is 3. The van der Waals surface area contributed by atoms with Gasteiger partial charge in [-0.1, -0.05) is 36.9 Å². The molecule has 0 atom stereocenters. The van der Waals surface area contributed by atoms with Crippen molar-refractivity contribution in [2.45, 2.75) is 32.0 Å². The number of nitrogens with zero attached hydrogens (tertiary/aromatic N) is 4. The third-order valence-electron chi connectivity index (χ3n) is 3.51. The third-order valence-corrected chi connectivity index (χ3v) is 4.35. The quantitative estimate of drug-likeness (QED) is 0.704. The molecule has 0 aliphatic rings. The van der Waals surface area contributed by atoms with Crippen molar-refractivity contribution >= 4 is 39.7 Å². The van der Waals surface area contributed by atoms with Crippen molar-refractivity contribution in [3.8, 4) is 0 Å². The number of thioether (sulfide) groups is 1. The van der Waals surface area contributed by atoms with Crippen molar-refractivity contribution in [1.82, 2.24) is 25.1 Å². The number of aromatic nitrogens is 4. The number of aryl methyl sites for hydroxylation is 1. The summed E-state index contributed by atoms with van der Waals surface area (Å²) < 4.78 is 2.18. The fraction of sp³-hybridized carbons (Fsp3) is 0.375. The van der Waals surface area contributed by atoms with Crippen LogP contribution in [0.15, 0.2) is 29.4 Å². The summed E-state index contributed by atoms with van der Waals surface area (Å²) in [6.45, 7) is 5.54. The first-order chi connectivity index (χ1) is 11.2. The predicted octanol–water partition coefficient (Wildman–Crippen LogP) is 2.62. The van der Waals surface area contributed by atoms with Crippen LogP contribution in [0.5, 0.6) is 0 Å². The summed E-state index contributed by atoms with van der Waals surface area (Å²) in [6.07, 6.45) is 1.01. The average Bonchev–Trinajstić information content (AvgIpc) is 2.88. The predicted molar refractivity (Wildman–Crippen MR) is 92.5 cm³/mol. The molecule has 0 aliphatic carbocycles. The van der Waals surface area contributed by atoms with E-state index in [0.29, 0.717) is 17.5 Å². The second-order valence-electron chi connectivity index (χ2n) is 5.18. The number of carbonyl (C=O) groups excluding carboxylic acids is 1. The van der Waals surface area contributed by atoms with Gasteiger partial charge in [-0.3, -0.25) is 4.79 Å². The van der Waals surface area contributed by atoms with Crippen molar-refractivity contribution in [2.75, 3.05) is 12.3 Å². The molecule has 0 radical (unpaired) electrons. The zero-order valence-electron chi connectivity index (χ0n) is 13.2. The lowest BCUT2D eigenvalue weighted by Gasteiger charge is -2.04. The first-order valence-electron chi connectivity index (χ1n) is 7.75. The summed E-state index contributed by atoms with van der Waals surface area (Å²) in [5.74, 6) is 0.282. The number of hydrogen-bond donors (Lipinski definition) is 1. The van der Waals surface area contributed by atoms with Crippen LogP contribution in [0.2, 0.25) is 0 Å². The molecule has 0 saturated heterocycles. The second-order valence-corrected chi connectivity index (χ2v) is 6.12. The van der Waals surface area contributed by atoms with Gasteiger partial charge < -0.3 is 9.88 Å². The van der Waals surface area contributed by atoms with Crippen LogP contribution in [0.4, 0.5) is 0 Å². The first-order valence-corrected chi connectivity index (χ1v) is 8.74. The Hall–Kier alpha value is -2.15. The van der Waals surface area contributed by atoms with Gasteiger partial charge in [-0.15, -0.1) is 10.2 Å². The van der Waals surface area contributed by atoms with E-state index in [1.54, 1.807) is 0 Å². The summed E-state index contributed by atoms with van der Waals surface area (Å²) in [7, 11) is 0. The number of carbonyl (C=O) groups is 1. The zero-order valence-corrected chi connectivity index (χ0v) is 14.1. The molecule has 3 aromatic rings. The Balaban J connectivity index is 1.99. The summed E-state index contributed by atoms with van der Waals surface area (Å²) in [4.78, 5) is 16.2. The maximum Gasteiger partial charge on any atom is 0.230 e. The molecule has 0 unspecified atom stereocenters. The van der Waals surface area contributed by atoms with Crippen molar-refractivity contribution in [1.29, 1.82) is 0 Å². The molecule has 1 N–H and O–H groups in total. The topological polar surface area (TPSA) is 72.7 Å². The van der Waals surface area contributed by atoms with Gasteiger partial charge >= 0.3 is 0 Å². The van der Waals surface area contributed by atoms with E-state index < -0.39 is 0 Å². The molecule has 1 amide bonds. The van der Waals surface area contributed by atoms with Crippen LogP contribution >= 0.6 is 11.8 Å². The van der Waals surface area contributed by atoms with Crippen molar-refractivity contribution < 1.29 is 4.79 Å². The highest BCUT2D eigenvalue weighted by Crippen LogP contribution is 2.27.